The largest absolute Gasteiger partial charge is 0.404 e. The molecular formula is C7H17IO2Si. The molecule has 0 aliphatic carbocycles. The molecule has 0 amide bonds. The van der Waals surface area contributed by atoms with Crippen LogP contribution in [0.3, 0.4) is 0 Å². The molecule has 11 heavy (non-hydrogen) atoms. The molecule has 0 aliphatic heterocycles. The van der Waals surface area contributed by atoms with Gasteiger partial charge in [0, 0.05) is 13.2 Å². The molecule has 68 valence electrons. The van der Waals surface area contributed by atoms with Gasteiger partial charge < -0.3 is 8.85 Å². The van der Waals surface area contributed by atoms with E-state index in [1.165, 1.54) is 0 Å². The summed E-state index contributed by atoms with van der Waals surface area (Å²) in [6.45, 7) is 7.96. The van der Waals surface area contributed by atoms with Gasteiger partial charge in [0.1, 0.15) is 0 Å². The number of rotatable bonds is 6. The predicted octanol–water partition coefficient (Wildman–Crippen LogP) is 2.84. The molecule has 0 radical (unpaired) electrons. The normalized spacial score (nSPS) is 12.0. The fourth-order valence-electron chi connectivity index (χ4n) is 0.610. The summed E-state index contributed by atoms with van der Waals surface area (Å²) in [6.07, 6.45) is 2.14. The van der Waals surface area contributed by atoms with Crippen LogP contribution < -0.4 is 0 Å². The molecule has 0 aromatic carbocycles. The zero-order chi connectivity index (χ0) is 8.74. The topological polar surface area (TPSA) is 18.5 Å². The van der Waals surface area contributed by atoms with E-state index >= 15 is 0 Å². The van der Waals surface area contributed by atoms with Crippen LogP contribution in [0.15, 0.2) is 0 Å². The molecule has 0 saturated carbocycles. The highest BCUT2D eigenvalue weighted by Crippen LogP contribution is 2.16. The van der Waals surface area contributed by atoms with Crippen molar-refractivity contribution in [2.45, 2.75) is 33.2 Å². The van der Waals surface area contributed by atoms with Crippen LogP contribution in [0.1, 0.15) is 26.7 Å². The van der Waals surface area contributed by atoms with Crippen molar-refractivity contribution in [1.82, 2.24) is 0 Å². The summed E-state index contributed by atoms with van der Waals surface area (Å²) in [6, 6.07) is -1.78. The van der Waals surface area contributed by atoms with Crippen LogP contribution in [0.2, 0.25) is 6.55 Å². The zero-order valence-corrected chi connectivity index (χ0v) is 10.7. The lowest BCUT2D eigenvalue weighted by Crippen LogP contribution is -2.31. The monoisotopic (exact) mass is 288 g/mol. The number of hydrogen-bond donors (Lipinski definition) is 0. The second kappa shape index (κ2) is 6.39. The Morgan fingerprint density at radius 1 is 1.09 bits per heavy atom. The van der Waals surface area contributed by atoms with E-state index < -0.39 is 6.06 Å². The van der Waals surface area contributed by atoms with Gasteiger partial charge in [-0.25, -0.2) is 0 Å². The van der Waals surface area contributed by atoms with Crippen molar-refractivity contribution in [3.05, 3.63) is 0 Å². The highest BCUT2D eigenvalue weighted by Gasteiger charge is 2.26. The van der Waals surface area contributed by atoms with E-state index in [0.717, 1.165) is 26.1 Å². The minimum atomic E-state index is -1.78. The van der Waals surface area contributed by atoms with Crippen LogP contribution in [0.25, 0.3) is 0 Å². The van der Waals surface area contributed by atoms with Crippen LogP contribution in [-0.4, -0.2) is 19.3 Å². The van der Waals surface area contributed by atoms with Crippen molar-refractivity contribution in [3.63, 3.8) is 0 Å². The van der Waals surface area contributed by atoms with Crippen molar-refractivity contribution in [1.29, 1.82) is 0 Å². The van der Waals surface area contributed by atoms with E-state index in [1.54, 1.807) is 0 Å². The summed E-state index contributed by atoms with van der Waals surface area (Å²) in [4.78, 5) is 0. The molecule has 0 aromatic rings. The quantitative estimate of drug-likeness (QED) is 0.425. The lowest BCUT2D eigenvalue weighted by atomic mass is 10.5. The Labute approximate surface area is 83.1 Å². The third-order valence-electron chi connectivity index (χ3n) is 1.13. The molecule has 0 fully saturated rings. The molecular weight excluding hydrogens is 271 g/mol. The second-order valence-corrected chi connectivity index (χ2v) is 10.7. The molecule has 4 heteroatoms. The Hall–Kier alpha value is 0.867. The maximum atomic E-state index is 5.58. The average Bonchev–Trinajstić information content (AvgIpc) is 1.97. The first-order valence-corrected chi connectivity index (χ1v) is 9.52. The van der Waals surface area contributed by atoms with Crippen molar-refractivity contribution >= 4 is 27.9 Å². The van der Waals surface area contributed by atoms with E-state index in [-0.39, 0.29) is 0 Å². The van der Waals surface area contributed by atoms with Gasteiger partial charge in [0.25, 0.3) is 0 Å². The number of halogens is 1. The maximum Gasteiger partial charge on any atom is 0.404 e. The number of hydrogen-bond acceptors (Lipinski definition) is 2. The van der Waals surface area contributed by atoms with Gasteiger partial charge in [-0.1, -0.05) is 13.8 Å². The summed E-state index contributed by atoms with van der Waals surface area (Å²) >= 11 is 2.32. The molecule has 0 spiro atoms. The van der Waals surface area contributed by atoms with Gasteiger partial charge in [-0.3, -0.25) is 0 Å². The van der Waals surface area contributed by atoms with Crippen LogP contribution in [0.4, 0.5) is 0 Å². The SMILES string of the molecule is CCCO[Si](C)(I)OCCC. The first kappa shape index (κ1) is 11.9. The van der Waals surface area contributed by atoms with Crippen molar-refractivity contribution in [3.8, 4) is 0 Å². The molecule has 0 aliphatic rings. The molecule has 0 aromatic heterocycles. The Kier molecular flexibility index (Phi) is 6.89. The van der Waals surface area contributed by atoms with Crippen LogP contribution in [-0.2, 0) is 8.85 Å². The molecule has 0 atom stereocenters. The van der Waals surface area contributed by atoms with Gasteiger partial charge in [-0.15, -0.1) is 0 Å². The molecule has 0 heterocycles. The molecule has 0 N–H and O–H groups in total. The fourth-order valence-corrected chi connectivity index (χ4v) is 3.15. The molecule has 2 nitrogen and oxygen atoms in total. The van der Waals surface area contributed by atoms with E-state index in [0.29, 0.717) is 0 Å². The van der Waals surface area contributed by atoms with Crippen molar-refractivity contribution < 1.29 is 8.85 Å². The van der Waals surface area contributed by atoms with Gasteiger partial charge in [0.05, 0.1) is 0 Å². The van der Waals surface area contributed by atoms with E-state index in [2.05, 4.69) is 42.2 Å². The average molecular weight is 288 g/mol. The second-order valence-electron chi connectivity index (χ2n) is 2.53. The summed E-state index contributed by atoms with van der Waals surface area (Å²) in [5, 5.41) is 0. The molecule has 0 bridgehead atoms. The van der Waals surface area contributed by atoms with Gasteiger partial charge in [-0.05, 0) is 41.2 Å². The third-order valence-corrected chi connectivity index (χ3v) is 4.44. The summed E-state index contributed by atoms with van der Waals surface area (Å²) in [7, 11) is 0. The van der Waals surface area contributed by atoms with E-state index in [4.69, 9.17) is 8.85 Å². The summed E-state index contributed by atoms with van der Waals surface area (Å²) in [5.41, 5.74) is 0. The maximum absolute atomic E-state index is 5.58. The van der Waals surface area contributed by atoms with Gasteiger partial charge in [0.15, 0.2) is 0 Å². The highest BCUT2D eigenvalue weighted by molar-refractivity contribution is 14.1. The Morgan fingerprint density at radius 3 is 1.73 bits per heavy atom. The van der Waals surface area contributed by atoms with Crippen molar-refractivity contribution in [2.24, 2.45) is 0 Å². The van der Waals surface area contributed by atoms with E-state index in [9.17, 15) is 0 Å². The lowest BCUT2D eigenvalue weighted by Gasteiger charge is -2.19. The van der Waals surface area contributed by atoms with Crippen LogP contribution in [0, 0.1) is 0 Å². The lowest BCUT2D eigenvalue weighted by molar-refractivity contribution is 0.198. The highest BCUT2D eigenvalue weighted by atomic mass is 127. The van der Waals surface area contributed by atoms with E-state index in [1.807, 2.05) is 0 Å². The standard InChI is InChI=1S/C7H17IO2Si/c1-4-6-9-11(3,8)10-7-5-2/h4-7H2,1-3H3. The first-order valence-electron chi connectivity index (χ1n) is 4.09. The molecule has 0 saturated heterocycles. The smallest absolute Gasteiger partial charge is 0.387 e. The minimum Gasteiger partial charge on any atom is -0.387 e. The molecule has 0 rings (SSSR count). The van der Waals surface area contributed by atoms with Gasteiger partial charge >= 0.3 is 6.06 Å². The van der Waals surface area contributed by atoms with Gasteiger partial charge in [-0.2, -0.15) is 0 Å². The fraction of sp³-hybridized carbons (Fsp3) is 1.00. The predicted molar refractivity (Wildman–Crippen MR) is 58.1 cm³/mol. The minimum absolute atomic E-state index is 0.829. The molecule has 0 unspecified atom stereocenters. The summed E-state index contributed by atoms with van der Waals surface area (Å²) in [5.74, 6) is 0. The van der Waals surface area contributed by atoms with Crippen molar-refractivity contribution in [2.75, 3.05) is 13.2 Å². The Morgan fingerprint density at radius 2 is 1.45 bits per heavy atom. The van der Waals surface area contributed by atoms with Gasteiger partial charge in [0.2, 0.25) is 0 Å². The Balaban J connectivity index is 3.43. The zero-order valence-electron chi connectivity index (χ0n) is 7.52. The Bertz CT molecular complexity index is 88.4. The van der Waals surface area contributed by atoms with Crippen LogP contribution in [0.5, 0.6) is 0 Å². The third kappa shape index (κ3) is 7.23. The van der Waals surface area contributed by atoms with Crippen LogP contribution >= 0.6 is 21.8 Å². The summed E-state index contributed by atoms with van der Waals surface area (Å²) < 4.78 is 11.2. The first-order chi connectivity index (χ1) is 5.12.